The molecule has 0 saturated carbocycles. The van der Waals surface area contributed by atoms with Gasteiger partial charge in [-0.05, 0) is 52.0 Å². The first-order valence-electron chi connectivity index (χ1n) is 7.37. The summed E-state index contributed by atoms with van der Waals surface area (Å²) in [6.45, 7) is 7.18. The molecule has 0 bridgehead atoms. The number of nitrogens with zero attached hydrogens (tertiary/aromatic N) is 1. The third kappa shape index (κ3) is 3.90. The maximum atomic E-state index is 12.4. The van der Waals surface area contributed by atoms with Gasteiger partial charge in [-0.1, -0.05) is 5.16 Å². The summed E-state index contributed by atoms with van der Waals surface area (Å²) in [5.74, 6) is 0.336. The fourth-order valence-corrected chi connectivity index (χ4v) is 2.20. The maximum absolute atomic E-state index is 12.4. The van der Waals surface area contributed by atoms with Crippen LogP contribution >= 0.6 is 0 Å². The molecule has 0 radical (unpaired) electrons. The summed E-state index contributed by atoms with van der Waals surface area (Å²) in [6.07, 6.45) is -0.890. The van der Waals surface area contributed by atoms with E-state index < -0.39 is 17.6 Å². The SMILES string of the molecule is COc1ccc(-c2noc(C(=O)NC(C)(C)C)c2[C@H](C)O)cc1. The summed E-state index contributed by atoms with van der Waals surface area (Å²) in [6, 6.07) is 7.16. The van der Waals surface area contributed by atoms with Crippen molar-refractivity contribution in [2.75, 3.05) is 7.11 Å². The summed E-state index contributed by atoms with van der Waals surface area (Å²) in [7, 11) is 1.58. The highest BCUT2D eigenvalue weighted by molar-refractivity contribution is 5.95. The van der Waals surface area contributed by atoms with E-state index in [0.717, 1.165) is 5.56 Å². The quantitative estimate of drug-likeness (QED) is 0.905. The lowest BCUT2D eigenvalue weighted by Crippen LogP contribution is -2.40. The summed E-state index contributed by atoms with van der Waals surface area (Å²) < 4.78 is 10.3. The number of aromatic nitrogens is 1. The van der Waals surface area contributed by atoms with Crippen molar-refractivity contribution in [2.24, 2.45) is 0 Å². The standard InChI is InChI=1S/C17H22N2O4/c1-10(20)13-14(11-6-8-12(22-5)9-7-11)19-23-15(13)16(21)18-17(2,3)4/h6-10,20H,1-5H3,(H,18,21)/t10-/m0/s1. The zero-order valence-corrected chi connectivity index (χ0v) is 14.0. The summed E-state index contributed by atoms with van der Waals surface area (Å²) >= 11 is 0. The number of hydrogen-bond donors (Lipinski definition) is 2. The third-order valence-electron chi connectivity index (χ3n) is 3.20. The molecule has 23 heavy (non-hydrogen) atoms. The minimum Gasteiger partial charge on any atom is -0.497 e. The molecule has 0 saturated heterocycles. The van der Waals surface area contributed by atoms with E-state index in [-0.39, 0.29) is 5.76 Å². The van der Waals surface area contributed by atoms with Crippen LogP contribution in [0.3, 0.4) is 0 Å². The van der Waals surface area contributed by atoms with Crippen LogP contribution in [0.25, 0.3) is 11.3 Å². The number of methoxy groups -OCH3 is 1. The number of amides is 1. The minimum absolute atomic E-state index is 0.0285. The zero-order valence-electron chi connectivity index (χ0n) is 14.0. The second-order valence-corrected chi connectivity index (χ2v) is 6.38. The molecule has 0 aliphatic rings. The Morgan fingerprint density at radius 2 is 1.91 bits per heavy atom. The molecule has 0 spiro atoms. The fourth-order valence-electron chi connectivity index (χ4n) is 2.20. The highest BCUT2D eigenvalue weighted by Gasteiger charge is 2.28. The number of hydrogen-bond acceptors (Lipinski definition) is 5. The van der Waals surface area contributed by atoms with Gasteiger partial charge in [-0.15, -0.1) is 0 Å². The number of carbonyl (C=O) groups is 1. The maximum Gasteiger partial charge on any atom is 0.290 e. The van der Waals surface area contributed by atoms with Gasteiger partial charge in [0.15, 0.2) is 0 Å². The molecule has 0 aliphatic carbocycles. The second kappa shape index (κ2) is 6.42. The molecule has 1 aromatic carbocycles. The summed E-state index contributed by atoms with van der Waals surface area (Å²) in [4.78, 5) is 12.4. The van der Waals surface area contributed by atoms with Crippen LogP contribution in [0.5, 0.6) is 5.75 Å². The predicted octanol–water partition coefficient (Wildman–Crippen LogP) is 2.93. The Morgan fingerprint density at radius 3 is 2.39 bits per heavy atom. The first kappa shape index (κ1) is 17.0. The average molecular weight is 318 g/mol. The van der Waals surface area contributed by atoms with Gasteiger partial charge < -0.3 is 19.7 Å². The fraction of sp³-hybridized carbons (Fsp3) is 0.412. The van der Waals surface area contributed by atoms with Gasteiger partial charge in [0.1, 0.15) is 11.4 Å². The van der Waals surface area contributed by atoms with Crippen LogP contribution < -0.4 is 10.1 Å². The molecule has 6 nitrogen and oxygen atoms in total. The largest absolute Gasteiger partial charge is 0.497 e. The molecule has 1 atom stereocenters. The van der Waals surface area contributed by atoms with Gasteiger partial charge in [0.2, 0.25) is 5.76 Å². The highest BCUT2D eigenvalue weighted by atomic mass is 16.5. The highest BCUT2D eigenvalue weighted by Crippen LogP contribution is 2.31. The smallest absolute Gasteiger partial charge is 0.290 e. The van der Waals surface area contributed by atoms with Gasteiger partial charge in [0, 0.05) is 11.1 Å². The van der Waals surface area contributed by atoms with Crippen molar-refractivity contribution in [3.05, 3.63) is 35.6 Å². The lowest BCUT2D eigenvalue weighted by Gasteiger charge is -2.19. The van der Waals surface area contributed by atoms with Gasteiger partial charge in [-0.2, -0.15) is 0 Å². The number of benzene rings is 1. The van der Waals surface area contributed by atoms with E-state index in [1.165, 1.54) is 0 Å². The van der Waals surface area contributed by atoms with E-state index >= 15 is 0 Å². The summed E-state index contributed by atoms with van der Waals surface area (Å²) in [5, 5.41) is 16.9. The Hall–Kier alpha value is -2.34. The van der Waals surface area contributed by atoms with Crippen molar-refractivity contribution in [3.8, 4) is 17.0 Å². The van der Waals surface area contributed by atoms with E-state index in [4.69, 9.17) is 9.26 Å². The van der Waals surface area contributed by atoms with Crippen LogP contribution in [0.4, 0.5) is 0 Å². The van der Waals surface area contributed by atoms with Crippen LogP contribution in [-0.4, -0.2) is 28.8 Å². The molecule has 1 heterocycles. The van der Waals surface area contributed by atoms with Gasteiger partial charge in [-0.25, -0.2) is 0 Å². The molecule has 0 fully saturated rings. The molecule has 6 heteroatoms. The van der Waals surface area contributed by atoms with E-state index in [9.17, 15) is 9.90 Å². The third-order valence-corrected chi connectivity index (χ3v) is 3.20. The number of aliphatic hydroxyl groups excluding tert-OH is 1. The first-order valence-corrected chi connectivity index (χ1v) is 7.37. The van der Waals surface area contributed by atoms with Gasteiger partial charge in [-0.3, -0.25) is 4.79 Å². The van der Waals surface area contributed by atoms with Crippen LogP contribution in [0, 0.1) is 0 Å². The topological polar surface area (TPSA) is 84.6 Å². The van der Waals surface area contributed by atoms with Crippen molar-refractivity contribution in [2.45, 2.75) is 39.3 Å². The zero-order chi connectivity index (χ0) is 17.2. The Labute approximate surface area is 135 Å². The van der Waals surface area contributed by atoms with E-state index in [1.54, 1.807) is 38.3 Å². The molecule has 124 valence electrons. The molecule has 2 N–H and O–H groups in total. The molecule has 0 unspecified atom stereocenters. The van der Waals surface area contributed by atoms with Crippen LogP contribution in [-0.2, 0) is 0 Å². The Balaban J connectivity index is 2.43. The number of aliphatic hydroxyl groups is 1. The molecule has 2 rings (SSSR count). The van der Waals surface area contributed by atoms with Crippen molar-refractivity contribution >= 4 is 5.91 Å². The molecule has 2 aromatic rings. The van der Waals surface area contributed by atoms with E-state index in [1.807, 2.05) is 20.8 Å². The van der Waals surface area contributed by atoms with Crippen molar-refractivity contribution in [3.63, 3.8) is 0 Å². The average Bonchev–Trinajstić information content (AvgIpc) is 2.90. The lowest BCUT2D eigenvalue weighted by molar-refractivity contribution is 0.0873. The van der Waals surface area contributed by atoms with Crippen LogP contribution in [0.2, 0.25) is 0 Å². The summed E-state index contributed by atoms with van der Waals surface area (Å²) in [5.41, 5.74) is 1.14. The predicted molar refractivity (Wildman–Crippen MR) is 86.3 cm³/mol. The lowest BCUT2D eigenvalue weighted by atomic mass is 10.0. The number of carbonyl (C=O) groups excluding carboxylic acids is 1. The van der Waals surface area contributed by atoms with Crippen molar-refractivity contribution in [1.29, 1.82) is 0 Å². The van der Waals surface area contributed by atoms with Crippen molar-refractivity contribution < 1.29 is 19.2 Å². The Bertz CT molecular complexity index is 682. The van der Waals surface area contributed by atoms with Crippen LogP contribution in [0.1, 0.15) is 49.9 Å². The van der Waals surface area contributed by atoms with Crippen LogP contribution in [0.15, 0.2) is 28.8 Å². The van der Waals surface area contributed by atoms with E-state index in [0.29, 0.717) is 17.0 Å². The molecular weight excluding hydrogens is 296 g/mol. The number of ether oxygens (including phenoxy) is 1. The van der Waals surface area contributed by atoms with Gasteiger partial charge in [0.25, 0.3) is 5.91 Å². The van der Waals surface area contributed by atoms with Gasteiger partial charge in [0.05, 0.1) is 18.8 Å². The molecular formula is C17H22N2O4. The van der Waals surface area contributed by atoms with Crippen molar-refractivity contribution in [1.82, 2.24) is 10.5 Å². The number of rotatable bonds is 4. The minimum atomic E-state index is -0.890. The Kier molecular flexibility index (Phi) is 4.75. The normalized spacial score (nSPS) is 12.8. The second-order valence-electron chi connectivity index (χ2n) is 6.38. The van der Waals surface area contributed by atoms with Gasteiger partial charge >= 0.3 is 0 Å². The molecule has 1 aromatic heterocycles. The van der Waals surface area contributed by atoms with E-state index in [2.05, 4.69) is 10.5 Å². The first-order chi connectivity index (χ1) is 10.7. The molecule has 0 aliphatic heterocycles. The number of nitrogens with one attached hydrogen (secondary N) is 1. The Morgan fingerprint density at radius 1 is 1.30 bits per heavy atom. The monoisotopic (exact) mass is 318 g/mol. The molecule has 1 amide bonds.